The van der Waals surface area contributed by atoms with Crippen molar-refractivity contribution >= 4 is 29.2 Å². The topological polar surface area (TPSA) is 113 Å². The Bertz CT molecular complexity index is 1600. The quantitative estimate of drug-likeness (QED) is 0.202. The number of nitro groups is 1. The molecule has 10 nitrogen and oxygen atoms in total. The van der Waals surface area contributed by atoms with Gasteiger partial charge in [0.25, 0.3) is 11.6 Å². The van der Waals surface area contributed by atoms with Gasteiger partial charge in [0.15, 0.2) is 0 Å². The molecule has 0 N–H and O–H groups in total. The number of nitro benzene ring substituents is 1. The van der Waals surface area contributed by atoms with Crippen LogP contribution in [0.3, 0.4) is 0 Å². The number of amides is 2. The largest absolute Gasteiger partial charge is 0.463 e. The summed E-state index contributed by atoms with van der Waals surface area (Å²) in [6.45, 7) is 5.90. The summed E-state index contributed by atoms with van der Waals surface area (Å²) in [7, 11) is 0. The Hall–Kier alpha value is -5.06. The highest BCUT2D eigenvalue weighted by Crippen LogP contribution is 2.38. The van der Waals surface area contributed by atoms with Crippen LogP contribution in [0.1, 0.15) is 47.7 Å². The summed E-state index contributed by atoms with van der Waals surface area (Å²) in [4.78, 5) is 55.4. The normalized spacial score (nSPS) is 17.1. The second-order valence-electron chi connectivity index (χ2n) is 10.7. The zero-order valence-electron chi connectivity index (χ0n) is 24.6. The van der Waals surface area contributed by atoms with E-state index in [1.165, 1.54) is 23.1 Å². The van der Waals surface area contributed by atoms with E-state index in [4.69, 9.17) is 4.74 Å². The van der Waals surface area contributed by atoms with Gasteiger partial charge in [-0.05, 0) is 55.3 Å². The molecular weight excluding hydrogens is 567 g/mol. The number of benzene rings is 3. The number of non-ortho nitro benzene ring substituents is 1. The molecule has 0 saturated carbocycles. The van der Waals surface area contributed by atoms with E-state index in [2.05, 4.69) is 4.90 Å². The summed E-state index contributed by atoms with van der Waals surface area (Å²) in [6.07, 6.45) is -0.0746. The summed E-state index contributed by atoms with van der Waals surface area (Å²) < 4.78 is 20.0. The molecule has 3 aromatic carbocycles. The fourth-order valence-corrected chi connectivity index (χ4v) is 5.77. The second-order valence-corrected chi connectivity index (χ2v) is 10.7. The molecule has 0 radical (unpaired) electrons. The van der Waals surface area contributed by atoms with Gasteiger partial charge in [-0.15, -0.1) is 0 Å². The van der Waals surface area contributed by atoms with Crippen molar-refractivity contribution < 1.29 is 28.4 Å². The van der Waals surface area contributed by atoms with Gasteiger partial charge in [0.1, 0.15) is 5.82 Å². The molecule has 2 amide bonds. The lowest BCUT2D eigenvalue weighted by Gasteiger charge is -2.36. The molecule has 0 aromatic heterocycles. The van der Waals surface area contributed by atoms with Gasteiger partial charge in [0.2, 0.25) is 5.91 Å². The molecule has 2 heterocycles. The third-order valence-corrected chi connectivity index (χ3v) is 8.13. The first kappa shape index (κ1) is 30.4. The first-order chi connectivity index (χ1) is 21.2. The number of nitrogens with zero attached hydrogens (tertiary/aromatic N) is 4. The Kier molecular flexibility index (Phi) is 9.03. The number of esters is 1. The first-order valence-corrected chi connectivity index (χ1v) is 14.5. The molecule has 0 unspecified atom stereocenters. The zero-order chi connectivity index (χ0) is 31.4. The van der Waals surface area contributed by atoms with Crippen LogP contribution in [-0.4, -0.2) is 65.3 Å². The van der Waals surface area contributed by atoms with Crippen molar-refractivity contribution in [3.05, 3.63) is 117 Å². The summed E-state index contributed by atoms with van der Waals surface area (Å²) in [5.74, 6) is -2.16. The Morgan fingerprint density at radius 1 is 0.977 bits per heavy atom. The van der Waals surface area contributed by atoms with Crippen LogP contribution >= 0.6 is 0 Å². The molecule has 0 aliphatic carbocycles. The van der Waals surface area contributed by atoms with Crippen LogP contribution in [-0.2, 0) is 20.9 Å². The van der Waals surface area contributed by atoms with E-state index in [1.807, 2.05) is 0 Å². The van der Waals surface area contributed by atoms with E-state index in [9.17, 15) is 28.9 Å². The second kappa shape index (κ2) is 13.1. The van der Waals surface area contributed by atoms with Crippen LogP contribution < -0.4 is 4.90 Å². The number of hydrogen-bond donors (Lipinski definition) is 0. The Morgan fingerprint density at radius 2 is 1.64 bits per heavy atom. The number of rotatable bonds is 8. The molecule has 5 rings (SSSR count). The average Bonchev–Trinajstić information content (AvgIpc) is 3.03. The smallest absolute Gasteiger partial charge is 0.336 e. The Morgan fingerprint density at radius 3 is 2.25 bits per heavy atom. The van der Waals surface area contributed by atoms with Crippen LogP contribution in [0.15, 0.2) is 84.1 Å². The van der Waals surface area contributed by atoms with E-state index in [-0.39, 0.29) is 48.2 Å². The lowest BCUT2D eigenvalue weighted by molar-refractivity contribution is -0.384. The summed E-state index contributed by atoms with van der Waals surface area (Å²) in [5.41, 5.74) is 3.14. The fraction of sp³-hybridized carbons (Fsp3) is 0.303. The third-order valence-electron chi connectivity index (χ3n) is 8.13. The average molecular weight is 601 g/mol. The van der Waals surface area contributed by atoms with Gasteiger partial charge in [-0.3, -0.25) is 19.7 Å². The van der Waals surface area contributed by atoms with E-state index in [0.717, 1.165) is 11.3 Å². The highest BCUT2D eigenvalue weighted by molar-refractivity contribution is 5.96. The Labute approximate surface area is 254 Å². The molecule has 1 fully saturated rings. The predicted molar refractivity (Wildman–Crippen MR) is 161 cm³/mol. The molecule has 2 aliphatic rings. The maximum Gasteiger partial charge on any atom is 0.336 e. The minimum Gasteiger partial charge on any atom is -0.463 e. The van der Waals surface area contributed by atoms with Crippen molar-refractivity contribution in [2.24, 2.45) is 0 Å². The number of ether oxygens (including phenoxy) is 1. The monoisotopic (exact) mass is 600 g/mol. The first-order valence-electron chi connectivity index (χ1n) is 14.5. The molecule has 1 atom stereocenters. The fourth-order valence-electron chi connectivity index (χ4n) is 5.77. The van der Waals surface area contributed by atoms with E-state index >= 15 is 0 Å². The van der Waals surface area contributed by atoms with Crippen LogP contribution in [0.5, 0.6) is 0 Å². The van der Waals surface area contributed by atoms with Crippen molar-refractivity contribution in [1.82, 2.24) is 9.80 Å². The number of piperazine rings is 1. The molecule has 44 heavy (non-hydrogen) atoms. The lowest BCUT2D eigenvalue weighted by atomic mass is 9.83. The molecule has 11 heteroatoms. The maximum absolute atomic E-state index is 14.7. The molecule has 2 aliphatic heterocycles. The minimum absolute atomic E-state index is 0.0352. The third kappa shape index (κ3) is 6.31. The van der Waals surface area contributed by atoms with Crippen LogP contribution in [0.4, 0.5) is 15.8 Å². The van der Waals surface area contributed by atoms with Crippen molar-refractivity contribution in [2.45, 2.75) is 32.7 Å². The van der Waals surface area contributed by atoms with Gasteiger partial charge < -0.3 is 19.4 Å². The van der Waals surface area contributed by atoms with Gasteiger partial charge in [0.05, 0.1) is 23.6 Å². The highest BCUT2D eigenvalue weighted by atomic mass is 19.1. The van der Waals surface area contributed by atoms with Gasteiger partial charge in [0, 0.05) is 67.6 Å². The van der Waals surface area contributed by atoms with Crippen molar-refractivity contribution in [1.29, 1.82) is 0 Å². The lowest BCUT2D eigenvalue weighted by Crippen LogP contribution is -2.48. The standard InChI is InChI=1S/C33H33FN4O6/c1-3-44-33(41)31-22(2)37(30(39)20-28(31)27-6-4-5-7-29(27)34)21-23-8-10-24(11-9-23)32(40)36-18-16-35(17-19-36)25-12-14-26(15-13-25)38(42)43/h4-15,28H,3,16-21H2,1-2H3/t28-/m0/s1. The minimum atomic E-state index is -0.750. The molecule has 228 valence electrons. The maximum atomic E-state index is 14.7. The van der Waals surface area contributed by atoms with E-state index in [1.54, 1.807) is 73.3 Å². The van der Waals surface area contributed by atoms with Gasteiger partial charge in [-0.25, -0.2) is 9.18 Å². The summed E-state index contributed by atoms with van der Waals surface area (Å²) in [6, 6.07) is 19.5. The summed E-state index contributed by atoms with van der Waals surface area (Å²) >= 11 is 0. The van der Waals surface area contributed by atoms with Crippen molar-refractivity contribution in [3.63, 3.8) is 0 Å². The summed E-state index contributed by atoms with van der Waals surface area (Å²) in [5, 5.41) is 10.9. The number of halogens is 1. The van der Waals surface area contributed by atoms with Crippen molar-refractivity contribution in [2.75, 3.05) is 37.7 Å². The molecule has 0 spiro atoms. The van der Waals surface area contributed by atoms with Crippen LogP contribution in [0, 0.1) is 15.9 Å². The van der Waals surface area contributed by atoms with E-state index in [0.29, 0.717) is 37.4 Å². The number of carbonyl (C=O) groups is 3. The van der Waals surface area contributed by atoms with Crippen LogP contribution in [0.2, 0.25) is 0 Å². The molecule has 0 bridgehead atoms. The van der Waals surface area contributed by atoms with Crippen molar-refractivity contribution in [3.8, 4) is 0 Å². The number of carbonyl (C=O) groups excluding carboxylic acids is 3. The molecule has 3 aromatic rings. The zero-order valence-corrected chi connectivity index (χ0v) is 24.6. The highest BCUT2D eigenvalue weighted by Gasteiger charge is 2.38. The van der Waals surface area contributed by atoms with Gasteiger partial charge >= 0.3 is 5.97 Å². The molecule has 1 saturated heterocycles. The number of hydrogen-bond acceptors (Lipinski definition) is 7. The number of anilines is 1. The van der Waals surface area contributed by atoms with E-state index < -0.39 is 22.6 Å². The predicted octanol–water partition coefficient (Wildman–Crippen LogP) is 5.05. The Balaban J connectivity index is 1.26. The van der Waals surface area contributed by atoms with Gasteiger partial charge in [-0.2, -0.15) is 0 Å². The molecular formula is C33H33FN4O6. The number of allylic oxidation sites excluding steroid dienone is 1. The van der Waals surface area contributed by atoms with Gasteiger partial charge in [-0.1, -0.05) is 30.3 Å². The SMILES string of the molecule is CCOC(=O)C1=C(C)N(Cc2ccc(C(=O)N3CCN(c4ccc([N+](=O)[O-])cc4)CC3)cc2)C(=O)C[C@H]1c1ccccc1F. The van der Waals surface area contributed by atoms with Crippen LogP contribution in [0.25, 0.3) is 0 Å².